The van der Waals surface area contributed by atoms with Crippen molar-refractivity contribution >= 4 is 11.6 Å². The molecule has 2 aromatic rings. The molecule has 0 unspecified atom stereocenters. The molecule has 0 aromatic heterocycles. The largest absolute Gasteiger partial charge is 0.322 e. The molecule has 2 rings (SSSR count). The molecule has 2 aromatic carbocycles. The summed E-state index contributed by atoms with van der Waals surface area (Å²) >= 11 is 0. The van der Waals surface area contributed by atoms with E-state index in [-0.39, 0.29) is 17.6 Å². The second-order valence-electron chi connectivity index (χ2n) is 5.73. The van der Waals surface area contributed by atoms with Crippen LogP contribution in [0.3, 0.4) is 0 Å². The van der Waals surface area contributed by atoms with Crippen LogP contribution in [0.5, 0.6) is 0 Å². The van der Waals surface area contributed by atoms with Gasteiger partial charge in [-0.3, -0.25) is 10.1 Å². The predicted octanol–water partition coefficient (Wildman–Crippen LogP) is 4.20. The van der Waals surface area contributed by atoms with E-state index in [1.54, 1.807) is 25.1 Å². The zero-order chi connectivity index (χ0) is 16.8. The Morgan fingerprint density at radius 2 is 1.78 bits per heavy atom. The van der Waals surface area contributed by atoms with Crippen LogP contribution in [0.1, 0.15) is 37.4 Å². The maximum atomic E-state index is 13.6. The van der Waals surface area contributed by atoms with Gasteiger partial charge in [-0.2, -0.15) is 0 Å². The Bertz CT molecular complexity index is 655. The molecule has 2 atom stereocenters. The van der Waals surface area contributed by atoms with Gasteiger partial charge in [0.05, 0.1) is 11.7 Å². The first-order valence-corrected chi connectivity index (χ1v) is 7.89. The molecule has 3 nitrogen and oxygen atoms in total. The highest BCUT2D eigenvalue weighted by Gasteiger charge is 2.19. The molecule has 0 bridgehead atoms. The molecule has 4 heteroatoms. The van der Waals surface area contributed by atoms with Crippen LogP contribution < -0.4 is 10.6 Å². The quantitative estimate of drug-likeness (QED) is 0.839. The van der Waals surface area contributed by atoms with Crippen molar-refractivity contribution in [1.29, 1.82) is 0 Å². The van der Waals surface area contributed by atoms with Gasteiger partial charge in [-0.05, 0) is 38.0 Å². The molecule has 0 aliphatic carbocycles. The third-order valence-electron chi connectivity index (χ3n) is 3.86. The van der Waals surface area contributed by atoms with Gasteiger partial charge in [-0.25, -0.2) is 4.39 Å². The number of rotatable bonds is 6. The van der Waals surface area contributed by atoms with Gasteiger partial charge in [0.25, 0.3) is 0 Å². The zero-order valence-electron chi connectivity index (χ0n) is 13.8. The highest BCUT2D eigenvalue weighted by atomic mass is 19.1. The number of hydrogen-bond donors (Lipinski definition) is 2. The lowest BCUT2D eigenvalue weighted by atomic mass is 10.0. The Balaban J connectivity index is 2.01. The van der Waals surface area contributed by atoms with Gasteiger partial charge in [-0.15, -0.1) is 0 Å². The second-order valence-corrected chi connectivity index (χ2v) is 5.73. The highest BCUT2D eigenvalue weighted by molar-refractivity contribution is 5.94. The van der Waals surface area contributed by atoms with Crippen molar-refractivity contribution < 1.29 is 9.18 Å². The van der Waals surface area contributed by atoms with Gasteiger partial charge in [0.15, 0.2) is 0 Å². The number of nitrogens with one attached hydrogen (secondary N) is 2. The number of para-hydroxylation sites is 1. The van der Waals surface area contributed by atoms with Crippen LogP contribution in [0, 0.1) is 12.7 Å². The average Bonchev–Trinajstić information content (AvgIpc) is 2.55. The molecule has 0 spiro atoms. The number of anilines is 1. The lowest BCUT2D eigenvalue weighted by Gasteiger charge is -2.22. The monoisotopic (exact) mass is 314 g/mol. The predicted molar refractivity (Wildman–Crippen MR) is 91.8 cm³/mol. The second kappa shape index (κ2) is 7.88. The van der Waals surface area contributed by atoms with Crippen molar-refractivity contribution in [3.8, 4) is 0 Å². The molecule has 0 saturated heterocycles. The van der Waals surface area contributed by atoms with Crippen LogP contribution in [-0.4, -0.2) is 11.9 Å². The van der Waals surface area contributed by atoms with E-state index in [0.717, 1.165) is 12.0 Å². The van der Waals surface area contributed by atoms with Crippen molar-refractivity contribution in [3.05, 3.63) is 65.5 Å². The zero-order valence-corrected chi connectivity index (χ0v) is 13.8. The fourth-order valence-corrected chi connectivity index (χ4v) is 2.43. The molecule has 23 heavy (non-hydrogen) atoms. The van der Waals surface area contributed by atoms with Crippen molar-refractivity contribution in [1.82, 2.24) is 5.32 Å². The number of hydrogen-bond acceptors (Lipinski definition) is 2. The number of amides is 1. The normalized spacial score (nSPS) is 13.4. The van der Waals surface area contributed by atoms with Crippen LogP contribution >= 0.6 is 0 Å². The lowest BCUT2D eigenvalue weighted by molar-refractivity contribution is -0.118. The van der Waals surface area contributed by atoms with Gasteiger partial charge in [0, 0.05) is 6.04 Å². The SMILES string of the molecule is CC[C@H](N[C@@H](C)C(=O)Nc1ccccc1F)c1ccc(C)cc1. The van der Waals surface area contributed by atoms with Gasteiger partial charge in [-0.1, -0.05) is 48.9 Å². The van der Waals surface area contributed by atoms with Crippen LogP contribution in [0.15, 0.2) is 48.5 Å². The summed E-state index contributed by atoms with van der Waals surface area (Å²) in [5.41, 5.74) is 2.55. The van der Waals surface area contributed by atoms with E-state index in [0.29, 0.717) is 0 Å². The third-order valence-corrected chi connectivity index (χ3v) is 3.86. The molecular weight excluding hydrogens is 291 g/mol. The molecule has 0 saturated carbocycles. The summed E-state index contributed by atoms with van der Waals surface area (Å²) in [4.78, 5) is 12.3. The Morgan fingerprint density at radius 1 is 1.13 bits per heavy atom. The van der Waals surface area contributed by atoms with Crippen molar-refractivity contribution in [3.63, 3.8) is 0 Å². The fraction of sp³-hybridized carbons (Fsp3) is 0.316. The molecule has 0 aliphatic heterocycles. The first-order chi connectivity index (χ1) is 11.0. The summed E-state index contributed by atoms with van der Waals surface area (Å²) in [6.07, 6.45) is 0.861. The van der Waals surface area contributed by atoms with Crippen molar-refractivity contribution in [2.45, 2.75) is 39.3 Å². The van der Waals surface area contributed by atoms with E-state index in [9.17, 15) is 9.18 Å². The summed E-state index contributed by atoms with van der Waals surface area (Å²) in [6, 6.07) is 14.1. The minimum absolute atomic E-state index is 0.0805. The number of halogens is 1. The van der Waals surface area contributed by atoms with Crippen molar-refractivity contribution in [2.75, 3.05) is 5.32 Å². The van der Waals surface area contributed by atoms with Crippen LogP contribution in [0.4, 0.5) is 10.1 Å². The topological polar surface area (TPSA) is 41.1 Å². The van der Waals surface area contributed by atoms with Crippen LogP contribution in [0.2, 0.25) is 0 Å². The highest BCUT2D eigenvalue weighted by Crippen LogP contribution is 2.18. The van der Waals surface area contributed by atoms with Crippen LogP contribution in [0.25, 0.3) is 0 Å². The minimum Gasteiger partial charge on any atom is -0.322 e. The molecule has 2 N–H and O–H groups in total. The van der Waals surface area contributed by atoms with Gasteiger partial charge >= 0.3 is 0 Å². The summed E-state index contributed by atoms with van der Waals surface area (Å²) in [6.45, 7) is 5.90. The standard InChI is InChI=1S/C19H23FN2O/c1-4-17(15-11-9-13(2)10-12-15)21-14(3)19(23)22-18-8-6-5-7-16(18)20/h5-12,14,17,21H,4H2,1-3H3,(H,22,23)/t14-,17-/m0/s1. The first kappa shape index (κ1) is 17.2. The summed E-state index contributed by atoms with van der Waals surface area (Å²) in [5.74, 6) is -0.681. The smallest absolute Gasteiger partial charge is 0.241 e. The molecule has 0 aliphatic rings. The Kier molecular flexibility index (Phi) is 5.88. The lowest BCUT2D eigenvalue weighted by Crippen LogP contribution is -2.40. The molecule has 0 fully saturated rings. The van der Waals surface area contributed by atoms with Crippen LogP contribution in [-0.2, 0) is 4.79 Å². The average molecular weight is 314 g/mol. The number of carbonyl (C=O) groups is 1. The van der Waals surface area contributed by atoms with E-state index in [4.69, 9.17) is 0 Å². The molecular formula is C19H23FN2O. The fourth-order valence-electron chi connectivity index (χ4n) is 2.43. The van der Waals surface area contributed by atoms with E-state index in [1.165, 1.54) is 11.6 Å². The number of aryl methyl sites for hydroxylation is 1. The van der Waals surface area contributed by atoms with Crippen molar-refractivity contribution in [2.24, 2.45) is 0 Å². The third kappa shape index (κ3) is 4.63. The Morgan fingerprint density at radius 3 is 2.39 bits per heavy atom. The van der Waals surface area contributed by atoms with E-state index >= 15 is 0 Å². The molecule has 0 radical (unpaired) electrons. The number of carbonyl (C=O) groups excluding carboxylic acids is 1. The van der Waals surface area contributed by atoms with Gasteiger partial charge in [0.1, 0.15) is 5.82 Å². The maximum Gasteiger partial charge on any atom is 0.241 e. The maximum absolute atomic E-state index is 13.6. The number of benzene rings is 2. The molecule has 1 amide bonds. The summed E-state index contributed by atoms with van der Waals surface area (Å²) in [7, 11) is 0. The minimum atomic E-state index is -0.432. The Labute approximate surface area is 136 Å². The molecule has 0 heterocycles. The summed E-state index contributed by atoms with van der Waals surface area (Å²) < 4.78 is 13.6. The van der Waals surface area contributed by atoms with E-state index in [1.807, 2.05) is 6.92 Å². The summed E-state index contributed by atoms with van der Waals surface area (Å²) in [5, 5.41) is 5.93. The first-order valence-electron chi connectivity index (χ1n) is 7.89. The van der Waals surface area contributed by atoms with E-state index in [2.05, 4.69) is 41.8 Å². The van der Waals surface area contributed by atoms with E-state index < -0.39 is 11.9 Å². The van der Waals surface area contributed by atoms with Gasteiger partial charge in [0.2, 0.25) is 5.91 Å². The molecule has 122 valence electrons. The Hall–Kier alpha value is -2.20. The van der Waals surface area contributed by atoms with Gasteiger partial charge < -0.3 is 5.32 Å².